The van der Waals surface area contributed by atoms with E-state index in [1.54, 1.807) is 36.4 Å². The number of rotatable bonds is 5. The van der Waals surface area contributed by atoms with Crippen LogP contribution in [0.2, 0.25) is 0 Å². The molecule has 0 aliphatic rings. The van der Waals surface area contributed by atoms with E-state index in [0.29, 0.717) is 23.2 Å². The third-order valence-corrected chi connectivity index (χ3v) is 3.58. The van der Waals surface area contributed by atoms with Crippen molar-refractivity contribution in [2.24, 2.45) is 0 Å². The van der Waals surface area contributed by atoms with E-state index < -0.39 is 23.6 Å². The first-order valence-corrected chi connectivity index (χ1v) is 7.95. The number of anilines is 2. The molecule has 3 amide bonds. The summed E-state index contributed by atoms with van der Waals surface area (Å²) >= 11 is 0. The van der Waals surface area contributed by atoms with Gasteiger partial charge in [0.1, 0.15) is 17.4 Å². The lowest BCUT2D eigenvalue weighted by Crippen LogP contribution is -2.27. The Labute approximate surface area is 153 Å². The van der Waals surface area contributed by atoms with E-state index in [1.807, 2.05) is 0 Å². The number of hydrogen-bond donors (Lipinski definition) is 3. The van der Waals surface area contributed by atoms with Gasteiger partial charge in [0.15, 0.2) is 0 Å². The maximum atomic E-state index is 13.6. The molecule has 0 unspecified atom stereocenters. The van der Waals surface area contributed by atoms with Crippen molar-refractivity contribution < 1.29 is 22.8 Å². The lowest BCUT2D eigenvalue weighted by atomic mass is 10.2. The second-order valence-electron chi connectivity index (χ2n) is 5.54. The van der Waals surface area contributed by atoms with Crippen LogP contribution in [0.5, 0.6) is 0 Å². The molecule has 0 aliphatic carbocycles. The van der Waals surface area contributed by atoms with Crippen LogP contribution < -0.4 is 16.0 Å². The minimum absolute atomic E-state index is 0.246. The van der Waals surface area contributed by atoms with Gasteiger partial charge in [-0.15, -0.1) is 0 Å². The molecular weight excluding hydrogens is 356 g/mol. The molecule has 8 heteroatoms. The Kier molecular flexibility index (Phi) is 5.46. The highest BCUT2D eigenvalue weighted by Gasteiger charge is 2.12. The molecule has 0 bridgehead atoms. The molecule has 0 spiro atoms. The number of carbonyl (C=O) groups excluding carboxylic acids is 2. The van der Waals surface area contributed by atoms with Gasteiger partial charge in [0, 0.05) is 17.4 Å². The zero-order chi connectivity index (χ0) is 19.2. The number of halogens is 2. The van der Waals surface area contributed by atoms with Crippen molar-refractivity contribution in [3.63, 3.8) is 0 Å². The summed E-state index contributed by atoms with van der Waals surface area (Å²) in [6.07, 6.45) is 1.51. The van der Waals surface area contributed by atoms with Crippen LogP contribution in [-0.2, 0) is 6.54 Å². The van der Waals surface area contributed by atoms with E-state index in [9.17, 15) is 18.4 Å². The standard InChI is InChI=1S/C19H15F2N3O3/c20-12-3-8-16(17(21)10-12)18(25)23-13-4-6-14(7-5-13)24-19(26)22-11-15-2-1-9-27-15/h1-10H,11H2,(H,23,25)(H2,22,24,26). The Morgan fingerprint density at radius 3 is 2.26 bits per heavy atom. The summed E-state index contributed by atoms with van der Waals surface area (Å²) in [6.45, 7) is 0.246. The van der Waals surface area contributed by atoms with Gasteiger partial charge in [0.05, 0.1) is 18.4 Å². The molecule has 0 aliphatic heterocycles. The fourth-order valence-electron chi connectivity index (χ4n) is 2.26. The molecule has 3 N–H and O–H groups in total. The Bertz CT molecular complexity index is 941. The average molecular weight is 371 g/mol. The van der Waals surface area contributed by atoms with Gasteiger partial charge in [0.25, 0.3) is 5.91 Å². The largest absolute Gasteiger partial charge is 0.467 e. The molecule has 0 radical (unpaired) electrons. The Morgan fingerprint density at radius 2 is 1.63 bits per heavy atom. The summed E-state index contributed by atoms with van der Waals surface area (Å²) in [5, 5.41) is 7.75. The molecule has 3 rings (SSSR count). The smallest absolute Gasteiger partial charge is 0.319 e. The monoisotopic (exact) mass is 371 g/mol. The number of benzene rings is 2. The lowest BCUT2D eigenvalue weighted by Gasteiger charge is -2.09. The first kappa shape index (κ1) is 18.1. The minimum atomic E-state index is -0.945. The number of hydrogen-bond acceptors (Lipinski definition) is 3. The van der Waals surface area contributed by atoms with Crippen LogP contribution in [0.15, 0.2) is 65.3 Å². The molecule has 0 saturated carbocycles. The predicted octanol–water partition coefficient (Wildman–Crippen LogP) is 4.13. The molecule has 3 aromatic rings. The molecule has 27 heavy (non-hydrogen) atoms. The van der Waals surface area contributed by atoms with E-state index in [-0.39, 0.29) is 12.1 Å². The molecular formula is C19H15F2N3O3. The van der Waals surface area contributed by atoms with Crippen LogP contribution in [-0.4, -0.2) is 11.9 Å². The predicted molar refractivity (Wildman–Crippen MR) is 95.3 cm³/mol. The Balaban J connectivity index is 1.55. The maximum Gasteiger partial charge on any atom is 0.319 e. The highest BCUT2D eigenvalue weighted by molar-refractivity contribution is 6.04. The first-order chi connectivity index (χ1) is 13.0. The maximum absolute atomic E-state index is 13.6. The third kappa shape index (κ3) is 4.91. The summed E-state index contributed by atoms with van der Waals surface area (Å²) in [5.41, 5.74) is 0.624. The molecule has 1 heterocycles. The second-order valence-corrected chi connectivity index (χ2v) is 5.54. The van der Waals surface area contributed by atoms with Gasteiger partial charge in [0.2, 0.25) is 0 Å². The highest BCUT2D eigenvalue weighted by Crippen LogP contribution is 2.16. The number of furan rings is 1. The van der Waals surface area contributed by atoms with Crippen molar-refractivity contribution in [1.82, 2.24) is 5.32 Å². The van der Waals surface area contributed by atoms with E-state index in [1.165, 1.54) is 6.26 Å². The molecule has 2 aromatic carbocycles. The number of carbonyl (C=O) groups is 2. The van der Waals surface area contributed by atoms with Gasteiger partial charge in [-0.2, -0.15) is 0 Å². The molecule has 1 aromatic heterocycles. The van der Waals surface area contributed by atoms with Crippen molar-refractivity contribution in [2.75, 3.05) is 10.6 Å². The topological polar surface area (TPSA) is 83.4 Å². The summed E-state index contributed by atoms with van der Waals surface area (Å²) in [5.74, 6) is -1.79. The van der Waals surface area contributed by atoms with Crippen LogP contribution in [0.3, 0.4) is 0 Å². The SMILES string of the molecule is O=C(NCc1ccco1)Nc1ccc(NC(=O)c2ccc(F)cc2F)cc1. The highest BCUT2D eigenvalue weighted by atomic mass is 19.1. The van der Waals surface area contributed by atoms with Crippen molar-refractivity contribution in [3.8, 4) is 0 Å². The number of amides is 3. The van der Waals surface area contributed by atoms with Gasteiger partial charge in [-0.1, -0.05) is 0 Å². The second kappa shape index (κ2) is 8.13. The van der Waals surface area contributed by atoms with Gasteiger partial charge < -0.3 is 20.4 Å². The van der Waals surface area contributed by atoms with Gasteiger partial charge in [-0.05, 0) is 48.5 Å². The van der Waals surface area contributed by atoms with Crippen molar-refractivity contribution >= 4 is 23.3 Å². The van der Waals surface area contributed by atoms with Crippen LogP contribution in [0, 0.1) is 11.6 Å². The van der Waals surface area contributed by atoms with Crippen LogP contribution in [0.4, 0.5) is 25.0 Å². The Morgan fingerprint density at radius 1 is 0.926 bits per heavy atom. The first-order valence-electron chi connectivity index (χ1n) is 7.95. The zero-order valence-electron chi connectivity index (χ0n) is 14.0. The van der Waals surface area contributed by atoms with E-state index in [2.05, 4.69) is 16.0 Å². The third-order valence-electron chi connectivity index (χ3n) is 3.58. The lowest BCUT2D eigenvalue weighted by molar-refractivity contribution is 0.102. The molecule has 138 valence electrons. The zero-order valence-corrected chi connectivity index (χ0v) is 14.0. The van der Waals surface area contributed by atoms with Gasteiger partial charge in [-0.25, -0.2) is 13.6 Å². The van der Waals surface area contributed by atoms with Gasteiger partial charge in [-0.3, -0.25) is 4.79 Å². The molecule has 0 saturated heterocycles. The fraction of sp³-hybridized carbons (Fsp3) is 0.0526. The van der Waals surface area contributed by atoms with Crippen LogP contribution >= 0.6 is 0 Å². The fourth-order valence-corrected chi connectivity index (χ4v) is 2.26. The van der Waals surface area contributed by atoms with E-state index in [0.717, 1.165) is 12.1 Å². The minimum Gasteiger partial charge on any atom is -0.467 e. The quantitative estimate of drug-likeness (QED) is 0.631. The molecule has 0 fully saturated rings. The summed E-state index contributed by atoms with van der Waals surface area (Å²) < 4.78 is 31.6. The van der Waals surface area contributed by atoms with Crippen molar-refractivity contribution in [3.05, 3.63) is 83.8 Å². The van der Waals surface area contributed by atoms with E-state index in [4.69, 9.17) is 4.42 Å². The number of nitrogens with one attached hydrogen (secondary N) is 3. The molecule has 6 nitrogen and oxygen atoms in total. The summed E-state index contributed by atoms with van der Waals surface area (Å²) in [4.78, 5) is 23.9. The number of urea groups is 1. The average Bonchev–Trinajstić information content (AvgIpc) is 3.15. The van der Waals surface area contributed by atoms with Crippen molar-refractivity contribution in [1.29, 1.82) is 0 Å². The van der Waals surface area contributed by atoms with Gasteiger partial charge >= 0.3 is 6.03 Å². The van der Waals surface area contributed by atoms with E-state index >= 15 is 0 Å². The Hall–Kier alpha value is -3.68. The normalized spacial score (nSPS) is 10.3. The summed E-state index contributed by atoms with van der Waals surface area (Å²) in [7, 11) is 0. The summed E-state index contributed by atoms with van der Waals surface area (Å²) in [6, 6.07) is 12.0. The van der Waals surface area contributed by atoms with Crippen molar-refractivity contribution in [2.45, 2.75) is 6.54 Å². The van der Waals surface area contributed by atoms with Crippen LogP contribution in [0.1, 0.15) is 16.1 Å². The van der Waals surface area contributed by atoms with Crippen LogP contribution in [0.25, 0.3) is 0 Å². The molecule has 0 atom stereocenters.